The van der Waals surface area contributed by atoms with Crippen molar-refractivity contribution in [3.8, 4) is 0 Å². The van der Waals surface area contributed by atoms with E-state index in [0.717, 1.165) is 0 Å². The molecule has 33 heavy (non-hydrogen) atoms. The van der Waals surface area contributed by atoms with Gasteiger partial charge >= 0.3 is 0 Å². The SMILES string of the molecule is CC1(C)[C@H](C=C(Cl)Cl)[C@@H]1C(=O)N1c2ccccc2NC(=O)[C@@H]1CC(=O)Nc1ccc(Cl)cc1. The first-order chi connectivity index (χ1) is 15.6. The van der Waals surface area contributed by atoms with Crippen LogP contribution in [-0.4, -0.2) is 23.8 Å². The van der Waals surface area contributed by atoms with Gasteiger partial charge in [0, 0.05) is 10.7 Å². The first kappa shape index (κ1) is 23.6. The Balaban J connectivity index is 1.63. The normalized spacial score (nSPS) is 22.6. The van der Waals surface area contributed by atoms with E-state index in [0.29, 0.717) is 22.1 Å². The summed E-state index contributed by atoms with van der Waals surface area (Å²) in [7, 11) is 0. The lowest BCUT2D eigenvalue weighted by Gasteiger charge is -2.36. The average Bonchev–Trinajstić information content (AvgIpc) is 3.28. The maximum Gasteiger partial charge on any atom is 0.248 e. The third kappa shape index (κ3) is 4.74. The molecule has 6 nitrogen and oxygen atoms in total. The number of anilines is 3. The summed E-state index contributed by atoms with van der Waals surface area (Å²) in [4.78, 5) is 41.0. The molecule has 9 heteroatoms. The fourth-order valence-electron chi connectivity index (χ4n) is 4.41. The zero-order valence-electron chi connectivity index (χ0n) is 17.9. The third-order valence-corrected chi connectivity index (χ3v) is 6.77. The minimum absolute atomic E-state index is 0.0963. The summed E-state index contributed by atoms with van der Waals surface area (Å²) < 4.78 is 0.0963. The van der Waals surface area contributed by atoms with Gasteiger partial charge in [-0.05, 0) is 53.8 Å². The molecule has 0 aromatic heterocycles. The summed E-state index contributed by atoms with van der Waals surface area (Å²) >= 11 is 17.6. The number of nitrogens with one attached hydrogen (secondary N) is 2. The molecule has 2 N–H and O–H groups in total. The van der Waals surface area contributed by atoms with Crippen LogP contribution in [0, 0.1) is 17.3 Å². The van der Waals surface area contributed by atoms with Gasteiger partial charge in [0.1, 0.15) is 10.5 Å². The van der Waals surface area contributed by atoms with Crippen molar-refractivity contribution in [1.82, 2.24) is 0 Å². The molecule has 1 heterocycles. The van der Waals surface area contributed by atoms with Gasteiger partial charge in [0.15, 0.2) is 0 Å². The summed E-state index contributed by atoms with van der Waals surface area (Å²) in [5.41, 5.74) is 1.23. The fourth-order valence-corrected chi connectivity index (χ4v) is 4.81. The monoisotopic (exact) mass is 505 g/mol. The number of amides is 3. The third-order valence-electron chi connectivity index (χ3n) is 6.26. The van der Waals surface area contributed by atoms with Gasteiger partial charge in [-0.15, -0.1) is 0 Å². The maximum atomic E-state index is 13.7. The highest BCUT2D eigenvalue weighted by Crippen LogP contribution is 2.61. The largest absolute Gasteiger partial charge is 0.326 e. The Kier molecular flexibility index (Phi) is 6.45. The van der Waals surface area contributed by atoms with E-state index in [-0.39, 0.29) is 28.2 Å². The van der Waals surface area contributed by atoms with Crippen LogP contribution >= 0.6 is 34.8 Å². The van der Waals surface area contributed by atoms with Crippen molar-refractivity contribution in [2.75, 3.05) is 15.5 Å². The van der Waals surface area contributed by atoms with Crippen molar-refractivity contribution in [2.24, 2.45) is 17.3 Å². The number of allylic oxidation sites excluding steroid dienone is 1. The standard InChI is InChI=1S/C24H22Cl3N3O3/c1-24(2)15(11-19(26)27)21(24)23(33)30-17-6-4-3-5-16(17)29-22(32)18(30)12-20(31)28-14-9-7-13(25)8-10-14/h3-11,15,18,21H,12H2,1-2H3,(H,28,31)(H,29,32)/t15-,18+,21-/m1/s1. The Bertz CT molecular complexity index is 1140. The van der Waals surface area contributed by atoms with E-state index in [9.17, 15) is 14.4 Å². The van der Waals surface area contributed by atoms with Crippen molar-refractivity contribution >= 4 is 69.6 Å². The van der Waals surface area contributed by atoms with Gasteiger partial charge in [-0.2, -0.15) is 0 Å². The number of hydrogen-bond donors (Lipinski definition) is 2. The van der Waals surface area contributed by atoms with Gasteiger partial charge in [0.05, 0.1) is 23.7 Å². The highest BCUT2D eigenvalue weighted by atomic mass is 35.5. The quantitative estimate of drug-likeness (QED) is 0.553. The second kappa shape index (κ2) is 9.01. The zero-order chi connectivity index (χ0) is 23.9. The molecule has 3 atom stereocenters. The van der Waals surface area contributed by atoms with Crippen LogP contribution in [0.2, 0.25) is 5.02 Å². The number of nitrogens with zero attached hydrogens (tertiary/aromatic N) is 1. The minimum atomic E-state index is -1.01. The van der Waals surface area contributed by atoms with E-state index in [1.165, 1.54) is 4.90 Å². The van der Waals surface area contributed by atoms with Gasteiger partial charge in [-0.25, -0.2) is 0 Å². The zero-order valence-corrected chi connectivity index (χ0v) is 20.2. The Morgan fingerprint density at radius 2 is 1.79 bits per heavy atom. The molecule has 0 unspecified atom stereocenters. The van der Waals surface area contributed by atoms with Crippen molar-refractivity contribution in [3.63, 3.8) is 0 Å². The van der Waals surface area contributed by atoms with Crippen LogP contribution < -0.4 is 15.5 Å². The molecule has 0 radical (unpaired) electrons. The molecular formula is C24H22Cl3N3O3. The maximum absolute atomic E-state index is 13.7. The number of fused-ring (bicyclic) bond motifs is 1. The highest BCUT2D eigenvalue weighted by Gasteiger charge is 2.62. The van der Waals surface area contributed by atoms with E-state index < -0.39 is 23.8 Å². The summed E-state index contributed by atoms with van der Waals surface area (Å²) in [6.07, 6.45) is 1.45. The van der Waals surface area contributed by atoms with E-state index in [2.05, 4.69) is 10.6 Å². The van der Waals surface area contributed by atoms with Crippen LogP contribution in [0.25, 0.3) is 0 Å². The molecular weight excluding hydrogens is 485 g/mol. The van der Waals surface area contributed by atoms with Gasteiger partial charge in [-0.3, -0.25) is 19.3 Å². The van der Waals surface area contributed by atoms with Gasteiger partial charge < -0.3 is 10.6 Å². The molecule has 3 amide bonds. The number of rotatable bonds is 5. The lowest BCUT2D eigenvalue weighted by Crippen LogP contribution is -2.53. The molecule has 1 saturated carbocycles. The average molecular weight is 507 g/mol. The number of carbonyl (C=O) groups excluding carboxylic acids is 3. The first-order valence-corrected chi connectivity index (χ1v) is 11.5. The first-order valence-electron chi connectivity index (χ1n) is 10.4. The minimum Gasteiger partial charge on any atom is -0.326 e. The molecule has 1 aliphatic carbocycles. The van der Waals surface area contributed by atoms with E-state index >= 15 is 0 Å². The van der Waals surface area contributed by atoms with E-state index in [1.807, 2.05) is 13.8 Å². The Morgan fingerprint density at radius 1 is 1.12 bits per heavy atom. The lowest BCUT2D eigenvalue weighted by atomic mass is 10.0. The van der Waals surface area contributed by atoms with Crippen molar-refractivity contribution < 1.29 is 14.4 Å². The van der Waals surface area contributed by atoms with Gasteiger partial charge in [0.2, 0.25) is 17.7 Å². The van der Waals surface area contributed by atoms with Crippen molar-refractivity contribution in [1.29, 1.82) is 0 Å². The molecule has 2 aromatic carbocycles. The summed E-state index contributed by atoms with van der Waals surface area (Å²) in [6.45, 7) is 3.90. The number of benzene rings is 2. The highest BCUT2D eigenvalue weighted by molar-refractivity contribution is 6.55. The molecule has 0 saturated heterocycles. The second-order valence-corrected chi connectivity index (χ2v) is 10.2. The smallest absolute Gasteiger partial charge is 0.248 e. The van der Waals surface area contributed by atoms with Crippen LogP contribution in [-0.2, 0) is 14.4 Å². The molecule has 2 aliphatic rings. The van der Waals surface area contributed by atoms with E-state index in [4.69, 9.17) is 34.8 Å². The molecule has 2 aromatic rings. The molecule has 1 fully saturated rings. The summed E-state index contributed by atoms with van der Waals surface area (Å²) in [6, 6.07) is 12.7. The predicted molar refractivity (Wildman–Crippen MR) is 132 cm³/mol. The summed E-state index contributed by atoms with van der Waals surface area (Å²) in [5, 5.41) is 6.11. The van der Waals surface area contributed by atoms with Crippen molar-refractivity contribution in [3.05, 3.63) is 64.1 Å². The van der Waals surface area contributed by atoms with E-state index in [1.54, 1.807) is 54.6 Å². The second-order valence-electron chi connectivity index (χ2n) is 8.77. The van der Waals surface area contributed by atoms with Crippen LogP contribution in [0.15, 0.2) is 59.1 Å². The Labute approximate surface area is 206 Å². The number of halogens is 3. The van der Waals surface area contributed by atoms with Crippen molar-refractivity contribution in [2.45, 2.75) is 26.3 Å². The van der Waals surface area contributed by atoms with Gasteiger partial charge in [0.25, 0.3) is 0 Å². The lowest BCUT2D eigenvalue weighted by molar-refractivity contribution is -0.127. The molecule has 1 aliphatic heterocycles. The van der Waals surface area contributed by atoms with Crippen LogP contribution in [0.1, 0.15) is 20.3 Å². The number of carbonyl (C=O) groups is 3. The number of hydrogen-bond acceptors (Lipinski definition) is 3. The molecule has 172 valence electrons. The summed E-state index contributed by atoms with van der Waals surface area (Å²) in [5.74, 6) is -1.66. The molecule has 0 spiro atoms. The Hall–Kier alpha value is -2.54. The molecule has 0 bridgehead atoms. The van der Waals surface area contributed by atoms with Crippen LogP contribution in [0.5, 0.6) is 0 Å². The van der Waals surface area contributed by atoms with Crippen LogP contribution in [0.3, 0.4) is 0 Å². The fraction of sp³-hybridized carbons (Fsp3) is 0.292. The topological polar surface area (TPSA) is 78.5 Å². The number of para-hydroxylation sites is 2. The Morgan fingerprint density at radius 3 is 2.45 bits per heavy atom. The molecule has 4 rings (SSSR count). The van der Waals surface area contributed by atoms with Crippen LogP contribution in [0.4, 0.5) is 17.1 Å². The predicted octanol–water partition coefficient (Wildman–Crippen LogP) is 5.61. The van der Waals surface area contributed by atoms with Gasteiger partial charge in [-0.1, -0.05) is 60.8 Å².